The molecule has 0 aromatic heterocycles. The zero-order chi connectivity index (χ0) is 31.1. The van der Waals surface area contributed by atoms with Crippen molar-refractivity contribution in [1.82, 2.24) is 20.4 Å². The Balaban J connectivity index is 1.67. The van der Waals surface area contributed by atoms with Crippen molar-refractivity contribution < 1.29 is 41.5 Å². The second-order valence-corrected chi connectivity index (χ2v) is 10.1. The van der Waals surface area contributed by atoms with E-state index >= 15 is 0 Å². The third-order valence-corrected chi connectivity index (χ3v) is 6.88. The van der Waals surface area contributed by atoms with Gasteiger partial charge in [-0.15, -0.1) is 0 Å². The van der Waals surface area contributed by atoms with Crippen LogP contribution in [0, 0.1) is 5.82 Å². The van der Waals surface area contributed by atoms with Gasteiger partial charge in [0.15, 0.2) is 0 Å². The van der Waals surface area contributed by atoms with Gasteiger partial charge in [-0.05, 0) is 69.4 Å². The molecule has 1 aliphatic heterocycles. The number of amides is 3. The van der Waals surface area contributed by atoms with E-state index in [-0.39, 0.29) is 31.8 Å². The highest BCUT2D eigenvalue weighted by atomic mass is 19.4. The van der Waals surface area contributed by atoms with Crippen molar-refractivity contribution >= 4 is 29.4 Å². The summed E-state index contributed by atoms with van der Waals surface area (Å²) in [5, 5.41) is 8.35. The molecule has 14 heteroatoms. The zero-order valence-corrected chi connectivity index (χ0v) is 23.4. The number of carbonyl (C=O) groups excluding carboxylic acids is 4. The number of methoxy groups -OCH3 is 1. The standard InChI is InChI=1S/C28H33F4N5O5/c1-36(2)15-12-33-26(41)27(35-20-7-4-18(5-8-20)25(40)42-3)10-13-37(14-11-27)23(38)17-34-24(39)21-16-19(28(30,31)32)6-9-22(21)29/h4-9,16,35H,10-15,17H2,1-3H3,(H,33,41)(H,34,39). The highest BCUT2D eigenvalue weighted by Gasteiger charge is 2.42. The van der Waals surface area contributed by atoms with Gasteiger partial charge in [0.1, 0.15) is 11.4 Å². The summed E-state index contributed by atoms with van der Waals surface area (Å²) in [6.07, 6.45) is -4.38. The second-order valence-electron chi connectivity index (χ2n) is 10.1. The Morgan fingerprint density at radius 2 is 1.64 bits per heavy atom. The molecule has 3 rings (SSSR count). The van der Waals surface area contributed by atoms with Gasteiger partial charge in [0.25, 0.3) is 5.91 Å². The van der Waals surface area contributed by atoms with Crippen molar-refractivity contribution in [3.8, 4) is 0 Å². The smallest absolute Gasteiger partial charge is 0.416 e. The Morgan fingerprint density at radius 1 is 1.00 bits per heavy atom. The molecule has 0 unspecified atom stereocenters. The van der Waals surface area contributed by atoms with E-state index in [0.717, 1.165) is 0 Å². The molecule has 42 heavy (non-hydrogen) atoms. The molecule has 1 fully saturated rings. The lowest BCUT2D eigenvalue weighted by Crippen LogP contribution is -2.60. The Bertz CT molecular complexity index is 1290. The number of anilines is 1. The molecule has 2 aromatic carbocycles. The van der Waals surface area contributed by atoms with Crippen LogP contribution in [0.2, 0.25) is 0 Å². The minimum Gasteiger partial charge on any atom is -0.465 e. The SMILES string of the molecule is COC(=O)c1ccc(NC2(C(=O)NCCN(C)C)CCN(C(=O)CNC(=O)c3cc(C(F)(F)F)ccc3F)CC2)cc1. The maximum atomic E-state index is 14.0. The fourth-order valence-electron chi connectivity index (χ4n) is 4.43. The number of nitrogens with one attached hydrogen (secondary N) is 3. The van der Waals surface area contributed by atoms with Gasteiger partial charge in [0.2, 0.25) is 11.8 Å². The maximum absolute atomic E-state index is 14.0. The average molecular weight is 596 g/mol. The summed E-state index contributed by atoms with van der Waals surface area (Å²) in [7, 11) is 5.01. The lowest BCUT2D eigenvalue weighted by molar-refractivity contribution is -0.137. The Morgan fingerprint density at radius 3 is 2.21 bits per heavy atom. The number of piperidine rings is 1. The van der Waals surface area contributed by atoms with Gasteiger partial charge >= 0.3 is 12.1 Å². The summed E-state index contributed by atoms with van der Waals surface area (Å²) < 4.78 is 57.7. The van der Waals surface area contributed by atoms with E-state index in [1.807, 2.05) is 19.0 Å². The summed E-state index contributed by atoms with van der Waals surface area (Å²) in [5.74, 6) is -3.63. The van der Waals surface area contributed by atoms with Crippen LogP contribution in [0.5, 0.6) is 0 Å². The van der Waals surface area contributed by atoms with Crippen molar-refractivity contribution in [3.05, 3.63) is 65.0 Å². The third-order valence-electron chi connectivity index (χ3n) is 6.88. The number of likely N-dealkylation sites (tertiary alicyclic amines) is 1. The number of ether oxygens (including phenoxy) is 1. The Labute approximate surface area is 240 Å². The number of esters is 1. The summed E-state index contributed by atoms with van der Waals surface area (Å²) in [5.41, 5.74) is -2.21. The number of likely N-dealkylation sites (N-methyl/N-ethyl adjacent to an activating group) is 1. The van der Waals surface area contributed by atoms with E-state index in [0.29, 0.717) is 42.5 Å². The quantitative estimate of drug-likeness (QED) is 0.285. The van der Waals surface area contributed by atoms with Crippen LogP contribution in [0.15, 0.2) is 42.5 Å². The number of rotatable bonds is 10. The second kappa shape index (κ2) is 13.6. The summed E-state index contributed by atoms with van der Waals surface area (Å²) >= 11 is 0. The predicted octanol–water partition coefficient (Wildman–Crippen LogP) is 2.51. The molecule has 0 radical (unpaired) electrons. The van der Waals surface area contributed by atoms with Crippen molar-refractivity contribution in [2.24, 2.45) is 0 Å². The number of alkyl halides is 3. The van der Waals surface area contributed by atoms with Crippen LogP contribution in [0.1, 0.15) is 39.1 Å². The molecule has 0 spiro atoms. The van der Waals surface area contributed by atoms with E-state index in [2.05, 4.69) is 16.0 Å². The fraction of sp³-hybridized carbons (Fsp3) is 0.429. The topological polar surface area (TPSA) is 120 Å². The molecule has 1 saturated heterocycles. The first kappa shape index (κ1) is 32.3. The summed E-state index contributed by atoms with van der Waals surface area (Å²) in [6.45, 7) is 0.671. The highest BCUT2D eigenvalue weighted by Crippen LogP contribution is 2.31. The Hall–Kier alpha value is -4.20. The third kappa shape index (κ3) is 8.18. The lowest BCUT2D eigenvalue weighted by atomic mass is 9.85. The minimum atomic E-state index is -4.77. The molecule has 0 atom stereocenters. The molecule has 0 bridgehead atoms. The number of carbonyl (C=O) groups is 4. The molecule has 0 saturated carbocycles. The lowest BCUT2D eigenvalue weighted by Gasteiger charge is -2.42. The number of hydrogen-bond acceptors (Lipinski definition) is 7. The maximum Gasteiger partial charge on any atom is 0.416 e. The first-order valence-corrected chi connectivity index (χ1v) is 13.1. The van der Waals surface area contributed by atoms with Gasteiger partial charge in [-0.1, -0.05) is 0 Å². The van der Waals surface area contributed by atoms with Crippen LogP contribution in [0.25, 0.3) is 0 Å². The van der Waals surface area contributed by atoms with E-state index in [1.165, 1.54) is 12.0 Å². The fourth-order valence-corrected chi connectivity index (χ4v) is 4.43. The van der Waals surface area contributed by atoms with Gasteiger partial charge in [-0.2, -0.15) is 13.2 Å². The van der Waals surface area contributed by atoms with Gasteiger partial charge in [-0.25, -0.2) is 9.18 Å². The molecule has 1 heterocycles. The molecule has 10 nitrogen and oxygen atoms in total. The van der Waals surface area contributed by atoms with Gasteiger partial charge < -0.3 is 30.5 Å². The molecule has 3 amide bonds. The van der Waals surface area contributed by atoms with Crippen molar-refractivity contribution in [1.29, 1.82) is 0 Å². The van der Waals surface area contributed by atoms with Crippen LogP contribution in [0.4, 0.5) is 23.2 Å². The van der Waals surface area contributed by atoms with Crippen LogP contribution in [0.3, 0.4) is 0 Å². The van der Waals surface area contributed by atoms with Crippen molar-refractivity contribution in [2.45, 2.75) is 24.6 Å². The monoisotopic (exact) mass is 595 g/mol. The van der Waals surface area contributed by atoms with Crippen LogP contribution in [-0.2, 0) is 20.5 Å². The molecule has 228 valence electrons. The number of hydrogen-bond donors (Lipinski definition) is 3. The molecule has 0 aliphatic carbocycles. The predicted molar refractivity (Wildman–Crippen MR) is 145 cm³/mol. The first-order valence-electron chi connectivity index (χ1n) is 13.1. The van der Waals surface area contributed by atoms with E-state index in [9.17, 15) is 36.7 Å². The van der Waals surface area contributed by atoms with Crippen LogP contribution < -0.4 is 16.0 Å². The van der Waals surface area contributed by atoms with E-state index in [1.54, 1.807) is 24.3 Å². The molecule has 2 aromatic rings. The average Bonchev–Trinajstić information content (AvgIpc) is 2.95. The normalized spacial score (nSPS) is 14.7. The van der Waals surface area contributed by atoms with E-state index in [4.69, 9.17) is 4.74 Å². The number of benzene rings is 2. The van der Waals surface area contributed by atoms with Gasteiger partial charge in [-0.3, -0.25) is 14.4 Å². The molecular formula is C28H33F4N5O5. The first-order chi connectivity index (χ1) is 19.8. The summed E-state index contributed by atoms with van der Waals surface area (Å²) in [4.78, 5) is 53.7. The van der Waals surface area contributed by atoms with E-state index < -0.39 is 53.0 Å². The number of halogens is 4. The largest absolute Gasteiger partial charge is 0.465 e. The molecular weight excluding hydrogens is 562 g/mol. The van der Waals surface area contributed by atoms with Gasteiger partial charge in [0, 0.05) is 31.9 Å². The van der Waals surface area contributed by atoms with Gasteiger partial charge in [0.05, 0.1) is 30.3 Å². The number of nitrogens with zero attached hydrogens (tertiary/aromatic N) is 2. The Kier molecular flexibility index (Phi) is 10.5. The van der Waals surface area contributed by atoms with Crippen LogP contribution >= 0.6 is 0 Å². The van der Waals surface area contributed by atoms with Crippen molar-refractivity contribution in [2.75, 3.05) is 59.2 Å². The molecule has 1 aliphatic rings. The van der Waals surface area contributed by atoms with Crippen molar-refractivity contribution in [3.63, 3.8) is 0 Å². The minimum absolute atomic E-state index is 0.126. The highest BCUT2D eigenvalue weighted by molar-refractivity contribution is 5.97. The zero-order valence-electron chi connectivity index (χ0n) is 23.4. The molecule has 3 N–H and O–H groups in total. The van der Waals surface area contributed by atoms with Crippen LogP contribution in [-0.4, -0.2) is 93.0 Å². The summed E-state index contributed by atoms with van der Waals surface area (Å²) in [6, 6.07) is 7.85.